The number of hydrogen-bond donors (Lipinski definition) is 1. The zero-order chi connectivity index (χ0) is 29.9. The molecule has 4 rings (SSSR count). The molecule has 11 nitrogen and oxygen atoms in total. The van der Waals surface area contributed by atoms with E-state index in [0.717, 1.165) is 32.1 Å². The molecule has 0 bridgehead atoms. The summed E-state index contributed by atoms with van der Waals surface area (Å²) in [7, 11) is 3.08. The molecule has 226 valence electrons. The van der Waals surface area contributed by atoms with E-state index in [1.165, 1.54) is 28.9 Å². The molecular weight excluding hydrogens is 543 g/mol. The Hall–Kier alpha value is -4.06. The highest BCUT2D eigenvalue weighted by Gasteiger charge is 2.33. The van der Waals surface area contributed by atoms with Crippen LogP contribution in [0.5, 0.6) is 11.5 Å². The second-order valence-electron chi connectivity index (χ2n) is 10.1. The van der Waals surface area contributed by atoms with Crippen LogP contribution in [0.3, 0.4) is 0 Å². The minimum absolute atomic E-state index is 0.0376. The normalized spacial score (nSPS) is 14.3. The third-order valence-corrected chi connectivity index (χ3v) is 7.28. The Morgan fingerprint density at radius 2 is 1.81 bits per heavy atom. The van der Waals surface area contributed by atoms with Crippen molar-refractivity contribution in [1.82, 2.24) is 30.4 Å². The van der Waals surface area contributed by atoms with Crippen LogP contribution >= 0.6 is 0 Å². The SMILES string of the molecule is CCOCCCN(C(=O)Cn1nnc(-c2ccc(OC)c(OC)c2)n1)[C@H](C(=O)NC1CCCCC1)c1ccc(F)cc1. The summed E-state index contributed by atoms with van der Waals surface area (Å²) < 4.78 is 30.0. The number of amides is 2. The number of halogens is 1. The molecule has 0 aliphatic heterocycles. The smallest absolute Gasteiger partial charge is 0.247 e. The maximum atomic E-state index is 13.9. The first kappa shape index (κ1) is 30.9. The average Bonchev–Trinajstić information content (AvgIpc) is 3.47. The summed E-state index contributed by atoms with van der Waals surface area (Å²) in [4.78, 5) is 30.3. The van der Waals surface area contributed by atoms with E-state index in [4.69, 9.17) is 14.2 Å². The molecule has 1 fully saturated rings. The summed E-state index contributed by atoms with van der Waals surface area (Å²) in [6.07, 6.45) is 5.53. The minimum atomic E-state index is -0.963. The lowest BCUT2D eigenvalue weighted by Gasteiger charge is -2.33. The highest BCUT2D eigenvalue weighted by atomic mass is 19.1. The van der Waals surface area contributed by atoms with Crippen LogP contribution in [0.1, 0.15) is 57.1 Å². The average molecular weight is 583 g/mol. The Labute approximate surface area is 245 Å². The Bertz CT molecular complexity index is 1310. The summed E-state index contributed by atoms with van der Waals surface area (Å²) in [5, 5.41) is 15.8. The van der Waals surface area contributed by atoms with Gasteiger partial charge < -0.3 is 24.4 Å². The molecule has 1 N–H and O–H groups in total. The molecule has 2 aromatic carbocycles. The molecule has 1 saturated carbocycles. The molecule has 0 unspecified atom stereocenters. The first-order valence-corrected chi connectivity index (χ1v) is 14.4. The summed E-state index contributed by atoms with van der Waals surface area (Å²) in [5.74, 6) is 0.274. The fourth-order valence-electron chi connectivity index (χ4n) is 5.14. The molecule has 1 aliphatic carbocycles. The predicted molar refractivity (Wildman–Crippen MR) is 153 cm³/mol. The number of benzene rings is 2. The van der Waals surface area contributed by atoms with E-state index in [0.29, 0.717) is 48.1 Å². The molecule has 2 amide bonds. The molecule has 12 heteroatoms. The second kappa shape index (κ2) is 15.2. The van der Waals surface area contributed by atoms with E-state index in [1.807, 2.05) is 6.92 Å². The van der Waals surface area contributed by atoms with Crippen molar-refractivity contribution in [3.8, 4) is 22.9 Å². The first-order valence-electron chi connectivity index (χ1n) is 14.4. The molecule has 3 aromatic rings. The quantitative estimate of drug-likeness (QED) is 0.284. The van der Waals surface area contributed by atoms with Gasteiger partial charge in [0.1, 0.15) is 18.4 Å². The predicted octanol–water partition coefficient (Wildman–Crippen LogP) is 3.94. The number of ether oxygens (including phenoxy) is 3. The van der Waals surface area contributed by atoms with Gasteiger partial charge in [0.25, 0.3) is 0 Å². The van der Waals surface area contributed by atoms with Crippen LogP contribution in [0.15, 0.2) is 42.5 Å². The third-order valence-electron chi connectivity index (χ3n) is 7.28. The van der Waals surface area contributed by atoms with E-state index in [-0.39, 0.29) is 30.9 Å². The molecule has 0 saturated heterocycles. The summed E-state index contributed by atoms with van der Waals surface area (Å²) in [5.41, 5.74) is 1.16. The van der Waals surface area contributed by atoms with Crippen LogP contribution in [0.25, 0.3) is 11.4 Å². The molecule has 1 atom stereocenters. The number of hydrogen-bond acceptors (Lipinski definition) is 8. The number of methoxy groups -OCH3 is 2. The van der Waals surface area contributed by atoms with Crippen molar-refractivity contribution in [3.63, 3.8) is 0 Å². The van der Waals surface area contributed by atoms with Gasteiger partial charge >= 0.3 is 0 Å². The number of carbonyl (C=O) groups excluding carboxylic acids is 2. The van der Waals surface area contributed by atoms with Gasteiger partial charge in [0.05, 0.1) is 14.2 Å². The number of carbonyl (C=O) groups is 2. The standard InChI is InChI=1S/C30H39FN6O5/c1-4-42-18-8-17-36(28(21-11-14-23(31)15-12-21)30(39)32-24-9-6-5-7-10-24)27(38)20-37-34-29(33-35-37)22-13-16-25(40-2)26(19-22)41-3/h11-16,19,24,28H,4-10,17-18,20H2,1-3H3,(H,32,39)/t28-/m0/s1. The van der Waals surface area contributed by atoms with Crippen LogP contribution in [0.2, 0.25) is 0 Å². The van der Waals surface area contributed by atoms with Gasteiger partial charge in [-0.25, -0.2) is 4.39 Å². The zero-order valence-electron chi connectivity index (χ0n) is 24.4. The van der Waals surface area contributed by atoms with E-state index >= 15 is 0 Å². The second-order valence-corrected chi connectivity index (χ2v) is 10.1. The van der Waals surface area contributed by atoms with Crippen molar-refractivity contribution in [2.45, 2.75) is 64.1 Å². The highest BCUT2D eigenvalue weighted by molar-refractivity contribution is 5.89. The number of nitrogens with one attached hydrogen (secondary N) is 1. The monoisotopic (exact) mass is 582 g/mol. The van der Waals surface area contributed by atoms with Gasteiger partial charge in [-0.1, -0.05) is 31.4 Å². The topological polar surface area (TPSA) is 121 Å². The van der Waals surface area contributed by atoms with Crippen LogP contribution in [0.4, 0.5) is 4.39 Å². The van der Waals surface area contributed by atoms with Gasteiger partial charge in [-0.2, -0.15) is 4.80 Å². The number of rotatable bonds is 14. The molecule has 1 aliphatic rings. The summed E-state index contributed by atoms with van der Waals surface area (Å²) >= 11 is 0. The first-order chi connectivity index (χ1) is 20.4. The van der Waals surface area contributed by atoms with Crippen molar-refractivity contribution in [1.29, 1.82) is 0 Å². The van der Waals surface area contributed by atoms with Crippen molar-refractivity contribution in [3.05, 3.63) is 53.8 Å². The van der Waals surface area contributed by atoms with Gasteiger partial charge in [-0.3, -0.25) is 9.59 Å². The van der Waals surface area contributed by atoms with Crippen molar-refractivity contribution in [2.75, 3.05) is 34.0 Å². The van der Waals surface area contributed by atoms with E-state index in [2.05, 4.69) is 20.7 Å². The van der Waals surface area contributed by atoms with Gasteiger partial charge in [-0.05, 0) is 67.3 Å². The Kier molecular flexibility index (Phi) is 11.2. The molecule has 1 aromatic heterocycles. The van der Waals surface area contributed by atoms with Crippen LogP contribution < -0.4 is 14.8 Å². The molecule has 0 spiro atoms. The Morgan fingerprint density at radius 1 is 1.07 bits per heavy atom. The van der Waals surface area contributed by atoms with Crippen LogP contribution in [-0.2, 0) is 20.9 Å². The van der Waals surface area contributed by atoms with Crippen LogP contribution in [-0.4, -0.2) is 76.9 Å². The summed E-state index contributed by atoms with van der Waals surface area (Å²) in [6.45, 7) is 2.86. The van der Waals surface area contributed by atoms with Gasteiger partial charge in [0, 0.05) is 31.4 Å². The number of aromatic nitrogens is 4. The van der Waals surface area contributed by atoms with Gasteiger partial charge in [-0.15, -0.1) is 10.2 Å². The van der Waals surface area contributed by atoms with E-state index in [1.54, 1.807) is 37.4 Å². The fourth-order valence-corrected chi connectivity index (χ4v) is 5.14. The van der Waals surface area contributed by atoms with Crippen LogP contribution in [0, 0.1) is 5.82 Å². The van der Waals surface area contributed by atoms with Crippen molar-refractivity contribution in [2.24, 2.45) is 0 Å². The maximum Gasteiger partial charge on any atom is 0.247 e. The lowest BCUT2D eigenvalue weighted by molar-refractivity contribution is -0.142. The Morgan fingerprint density at radius 3 is 2.50 bits per heavy atom. The number of tetrazole rings is 1. The van der Waals surface area contributed by atoms with E-state index < -0.39 is 11.9 Å². The largest absolute Gasteiger partial charge is 0.493 e. The third kappa shape index (κ3) is 8.03. The minimum Gasteiger partial charge on any atom is -0.493 e. The molecule has 1 heterocycles. The lowest BCUT2D eigenvalue weighted by atomic mass is 9.94. The molecule has 42 heavy (non-hydrogen) atoms. The molecule has 0 radical (unpaired) electrons. The number of nitrogens with zero attached hydrogens (tertiary/aromatic N) is 5. The van der Waals surface area contributed by atoms with Gasteiger partial charge in [0.15, 0.2) is 11.5 Å². The maximum absolute atomic E-state index is 13.9. The van der Waals surface area contributed by atoms with Crippen molar-refractivity contribution < 1.29 is 28.2 Å². The fraction of sp³-hybridized carbons (Fsp3) is 0.500. The Balaban J connectivity index is 1.59. The lowest BCUT2D eigenvalue weighted by Crippen LogP contribution is -2.48. The zero-order valence-corrected chi connectivity index (χ0v) is 24.4. The highest BCUT2D eigenvalue weighted by Crippen LogP contribution is 2.31. The van der Waals surface area contributed by atoms with Gasteiger partial charge in [0.2, 0.25) is 17.6 Å². The van der Waals surface area contributed by atoms with E-state index in [9.17, 15) is 14.0 Å². The molecular formula is C30H39FN6O5. The van der Waals surface area contributed by atoms with Crippen molar-refractivity contribution >= 4 is 11.8 Å². The summed E-state index contributed by atoms with van der Waals surface area (Å²) in [6, 6.07) is 10.00.